The minimum Gasteiger partial charge on any atom is -0.299 e. The second-order valence-corrected chi connectivity index (χ2v) is 4.32. The Morgan fingerprint density at radius 1 is 1.54 bits per heavy atom. The molecule has 1 aromatic heterocycles. The highest BCUT2D eigenvalue weighted by molar-refractivity contribution is 9.10. The molecular weight excluding hydrogens is 230 g/mol. The summed E-state index contributed by atoms with van der Waals surface area (Å²) in [5.41, 5.74) is 0.872. The summed E-state index contributed by atoms with van der Waals surface area (Å²) in [6.07, 6.45) is 3.75. The van der Waals surface area contributed by atoms with Gasteiger partial charge in [-0.05, 0) is 47.3 Å². The summed E-state index contributed by atoms with van der Waals surface area (Å²) in [5, 5.41) is 0. The monoisotopic (exact) mass is 239 g/mol. The fraction of sp³-hybridized carbons (Fsp3) is 0.400. The quantitative estimate of drug-likeness (QED) is 0.743. The van der Waals surface area contributed by atoms with Gasteiger partial charge in [0, 0.05) is 6.20 Å². The van der Waals surface area contributed by atoms with Gasteiger partial charge >= 0.3 is 0 Å². The van der Waals surface area contributed by atoms with Gasteiger partial charge in [0.05, 0.1) is 5.41 Å². The highest BCUT2D eigenvalue weighted by atomic mass is 79.9. The fourth-order valence-corrected chi connectivity index (χ4v) is 1.86. The van der Waals surface area contributed by atoms with E-state index in [0.717, 1.165) is 23.0 Å². The molecule has 0 radical (unpaired) electrons. The van der Waals surface area contributed by atoms with Gasteiger partial charge in [-0.1, -0.05) is 6.07 Å². The van der Waals surface area contributed by atoms with Gasteiger partial charge in [-0.3, -0.25) is 4.79 Å². The number of carbonyl (C=O) groups excluding carboxylic acids is 1. The van der Waals surface area contributed by atoms with Crippen LogP contribution < -0.4 is 0 Å². The number of hydrogen-bond donors (Lipinski definition) is 0. The van der Waals surface area contributed by atoms with E-state index in [1.807, 2.05) is 12.1 Å². The second kappa shape index (κ2) is 2.91. The number of Topliss-reactive ketones (excluding diaryl/α,β-unsaturated/α-hetero) is 1. The summed E-state index contributed by atoms with van der Waals surface area (Å²) in [4.78, 5) is 15.5. The maximum absolute atomic E-state index is 11.4. The molecule has 0 saturated heterocycles. The molecule has 1 saturated carbocycles. The van der Waals surface area contributed by atoms with Gasteiger partial charge in [-0.15, -0.1) is 0 Å². The lowest BCUT2D eigenvalue weighted by Gasteiger charge is -2.10. The van der Waals surface area contributed by atoms with Crippen molar-refractivity contribution in [2.45, 2.75) is 25.2 Å². The third-order valence-electron chi connectivity index (χ3n) is 2.70. The molecule has 1 heterocycles. The van der Waals surface area contributed by atoms with Gasteiger partial charge in [0.1, 0.15) is 10.4 Å². The van der Waals surface area contributed by atoms with E-state index < -0.39 is 0 Å². The third-order valence-corrected chi connectivity index (χ3v) is 3.17. The SMILES string of the molecule is CC(=O)C1(c2ccc(Br)nc2)CC1. The van der Waals surface area contributed by atoms with Crippen molar-refractivity contribution in [2.24, 2.45) is 0 Å². The number of pyridine rings is 1. The fourth-order valence-electron chi connectivity index (χ4n) is 1.63. The number of carbonyl (C=O) groups is 1. The normalized spacial score (nSPS) is 18.3. The van der Waals surface area contributed by atoms with Gasteiger partial charge in [-0.2, -0.15) is 0 Å². The number of nitrogens with zero attached hydrogens (tertiary/aromatic N) is 1. The molecule has 3 heteroatoms. The van der Waals surface area contributed by atoms with E-state index in [2.05, 4.69) is 20.9 Å². The predicted octanol–water partition coefficient (Wildman–Crippen LogP) is 2.46. The molecule has 0 N–H and O–H groups in total. The summed E-state index contributed by atoms with van der Waals surface area (Å²) in [6.45, 7) is 1.66. The van der Waals surface area contributed by atoms with Crippen LogP contribution in [-0.2, 0) is 10.2 Å². The van der Waals surface area contributed by atoms with Gasteiger partial charge in [0.25, 0.3) is 0 Å². The number of rotatable bonds is 2. The van der Waals surface area contributed by atoms with Crippen molar-refractivity contribution in [3.8, 4) is 0 Å². The van der Waals surface area contributed by atoms with Gasteiger partial charge < -0.3 is 0 Å². The Kier molecular flexibility index (Phi) is 1.99. The summed E-state index contributed by atoms with van der Waals surface area (Å²) >= 11 is 3.27. The zero-order valence-corrected chi connectivity index (χ0v) is 8.97. The van der Waals surface area contributed by atoms with E-state index in [1.165, 1.54) is 0 Å². The molecule has 0 amide bonds. The first-order valence-corrected chi connectivity index (χ1v) is 5.07. The Hall–Kier alpha value is -0.700. The van der Waals surface area contributed by atoms with Crippen molar-refractivity contribution in [2.75, 3.05) is 0 Å². The van der Waals surface area contributed by atoms with E-state index >= 15 is 0 Å². The van der Waals surface area contributed by atoms with Crippen LogP contribution in [0.4, 0.5) is 0 Å². The van der Waals surface area contributed by atoms with Crippen LogP contribution >= 0.6 is 15.9 Å². The van der Waals surface area contributed by atoms with Crippen molar-refractivity contribution in [3.63, 3.8) is 0 Å². The van der Waals surface area contributed by atoms with Crippen molar-refractivity contribution < 1.29 is 4.79 Å². The van der Waals surface area contributed by atoms with Gasteiger partial charge in [0.2, 0.25) is 0 Å². The van der Waals surface area contributed by atoms with Crippen LogP contribution in [0, 0.1) is 0 Å². The molecule has 0 aliphatic heterocycles. The Bertz CT molecular complexity index is 340. The Labute approximate surface area is 85.5 Å². The molecule has 0 bridgehead atoms. The number of halogens is 1. The van der Waals surface area contributed by atoms with E-state index in [1.54, 1.807) is 13.1 Å². The number of aromatic nitrogens is 1. The van der Waals surface area contributed by atoms with Crippen LogP contribution in [0.1, 0.15) is 25.3 Å². The van der Waals surface area contributed by atoms with Crippen LogP contribution in [0.25, 0.3) is 0 Å². The first-order chi connectivity index (χ1) is 6.15. The number of ketones is 1. The summed E-state index contributed by atoms with van der Waals surface area (Å²) in [7, 11) is 0. The minimum atomic E-state index is -0.187. The zero-order valence-electron chi connectivity index (χ0n) is 7.38. The van der Waals surface area contributed by atoms with Crippen molar-refractivity contribution in [3.05, 3.63) is 28.5 Å². The average Bonchev–Trinajstić information content (AvgIpc) is 2.86. The first kappa shape index (κ1) is 8.88. The predicted molar refractivity (Wildman–Crippen MR) is 53.5 cm³/mol. The molecular formula is C10H10BrNO. The van der Waals surface area contributed by atoms with Crippen molar-refractivity contribution in [1.82, 2.24) is 4.98 Å². The lowest BCUT2D eigenvalue weighted by atomic mass is 9.94. The molecule has 2 nitrogen and oxygen atoms in total. The summed E-state index contributed by atoms with van der Waals surface area (Å²) in [5.74, 6) is 0.261. The summed E-state index contributed by atoms with van der Waals surface area (Å²) in [6, 6.07) is 3.86. The molecule has 1 aliphatic rings. The highest BCUT2D eigenvalue weighted by Crippen LogP contribution is 2.48. The second-order valence-electron chi connectivity index (χ2n) is 3.51. The van der Waals surface area contributed by atoms with Gasteiger partial charge in [-0.25, -0.2) is 4.98 Å². The van der Waals surface area contributed by atoms with E-state index in [0.29, 0.717) is 0 Å². The molecule has 0 aromatic carbocycles. The molecule has 2 rings (SSSR count). The Morgan fingerprint density at radius 2 is 2.23 bits per heavy atom. The molecule has 1 fully saturated rings. The maximum Gasteiger partial charge on any atom is 0.140 e. The lowest BCUT2D eigenvalue weighted by molar-refractivity contribution is -0.119. The molecule has 1 aromatic rings. The molecule has 0 unspecified atom stereocenters. The van der Waals surface area contributed by atoms with Gasteiger partial charge in [0.15, 0.2) is 0 Å². The largest absolute Gasteiger partial charge is 0.299 e. The van der Waals surface area contributed by atoms with Crippen LogP contribution in [0.5, 0.6) is 0 Å². The van der Waals surface area contributed by atoms with Crippen LogP contribution in [-0.4, -0.2) is 10.8 Å². The van der Waals surface area contributed by atoms with E-state index in [9.17, 15) is 4.79 Å². The van der Waals surface area contributed by atoms with Crippen LogP contribution in [0.15, 0.2) is 22.9 Å². The van der Waals surface area contributed by atoms with Crippen LogP contribution in [0.3, 0.4) is 0 Å². The third kappa shape index (κ3) is 1.41. The van der Waals surface area contributed by atoms with Crippen LogP contribution in [0.2, 0.25) is 0 Å². The molecule has 1 aliphatic carbocycles. The lowest BCUT2D eigenvalue weighted by Crippen LogP contribution is -2.16. The van der Waals surface area contributed by atoms with E-state index in [4.69, 9.17) is 0 Å². The first-order valence-electron chi connectivity index (χ1n) is 4.28. The summed E-state index contributed by atoms with van der Waals surface area (Å²) < 4.78 is 0.815. The minimum absolute atomic E-state index is 0.187. The maximum atomic E-state index is 11.4. The smallest absolute Gasteiger partial charge is 0.140 e. The van der Waals surface area contributed by atoms with Crippen molar-refractivity contribution >= 4 is 21.7 Å². The standard InChI is InChI=1S/C10H10BrNO/c1-7(13)10(4-5-10)8-2-3-9(11)12-6-8/h2-3,6H,4-5H2,1H3. The Balaban J connectivity index is 2.36. The topological polar surface area (TPSA) is 30.0 Å². The molecule has 0 atom stereocenters. The zero-order chi connectivity index (χ0) is 9.47. The number of hydrogen-bond acceptors (Lipinski definition) is 2. The average molecular weight is 240 g/mol. The molecule has 0 spiro atoms. The Morgan fingerprint density at radius 3 is 2.62 bits per heavy atom. The van der Waals surface area contributed by atoms with Crippen molar-refractivity contribution in [1.29, 1.82) is 0 Å². The molecule has 13 heavy (non-hydrogen) atoms. The van der Waals surface area contributed by atoms with E-state index in [-0.39, 0.29) is 11.2 Å². The highest BCUT2D eigenvalue weighted by Gasteiger charge is 2.48. The molecule has 68 valence electrons.